The highest BCUT2D eigenvalue weighted by atomic mass is 19.1. The first-order valence-corrected chi connectivity index (χ1v) is 23.0. The number of hydrogen-bond donors (Lipinski definition) is 6. The monoisotopic (exact) mass is 918 g/mol. The predicted molar refractivity (Wildman–Crippen MR) is 266 cm³/mol. The molecule has 0 bridgehead atoms. The molecule has 8 rings (SSSR count). The Kier molecular flexibility index (Phi) is 14.3. The van der Waals surface area contributed by atoms with Crippen molar-refractivity contribution in [3.05, 3.63) is 126 Å². The Morgan fingerprint density at radius 3 is 1.58 bits per heavy atom. The highest BCUT2D eigenvalue weighted by Crippen LogP contribution is 2.37. The van der Waals surface area contributed by atoms with E-state index in [0.717, 1.165) is 74.1 Å². The maximum atomic E-state index is 14.3. The molecule has 0 spiro atoms. The summed E-state index contributed by atoms with van der Waals surface area (Å²) in [7, 11) is -3.90. The van der Waals surface area contributed by atoms with Crippen molar-refractivity contribution in [1.29, 1.82) is 0 Å². The zero-order valence-corrected chi connectivity index (χ0v) is 39.9. The predicted octanol–water partition coefficient (Wildman–Crippen LogP) is 7.50. The van der Waals surface area contributed by atoms with Crippen molar-refractivity contribution >= 4 is 70.2 Å². The maximum absolute atomic E-state index is 14.3. The van der Waals surface area contributed by atoms with Crippen LogP contribution in [-0.2, 0) is 6.54 Å². The van der Waals surface area contributed by atoms with Gasteiger partial charge in [-0.3, -0.25) is 9.59 Å². The molecule has 6 N–H and O–H groups in total. The second kappa shape index (κ2) is 19.5. The van der Waals surface area contributed by atoms with Gasteiger partial charge in [0.15, 0.2) is 10.9 Å². The van der Waals surface area contributed by atoms with Crippen LogP contribution in [0.4, 0.5) is 31.9 Å². The molecular weight excluding hydrogens is 856 g/mol. The molecule has 4 heterocycles. The first-order chi connectivity index (χ1) is 31.6. The molecule has 2 aliphatic rings. The summed E-state index contributed by atoms with van der Waals surface area (Å²) in [6.07, 6.45) is 4.06. The van der Waals surface area contributed by atoms with Gasteiger partial charge in [0.2, 0.25) is 11.8 Å². The van der Waals surface area contributed by atoms with Gasteiger partial charge in [0.25, 0.3) is 0 Å². The third-order valence-corrected chi connectivity index (χ3v) is 13.5. The Balaban J connectivity index is 0.000000199. The van der Waals surface area contributed by atoms with E-state index >= 15 is 0 Å². The van der Waals surface area contributed by atoms with E-state index in [1.807, 2.05) is 58.9 Å². The van der Waals surface area contributed by atoms with Gasteiger partial charge in [-0.15, -0.1) is 0 Å². The smallest absolute Gasteiger partial charge is 0.440 e. The highest BCUT2D eigenvalue weighted by Gasteiger charge is 2.31. The minimum absolute atomic E-state index is 0.0572. The molecule has 2 saturated heterocycles. The fraction of sp³-hybridized carbons (Fsp3) is 0.412. The molecule has 2 aliphatic heterocycles. The zero-order chi connectivity index (χ0) is 48.7. The van der Waals surface area contributed by atoms with Crippen LogP contribution in [0.15, 0.2) is 79.1 Å². The molecule has 67 heavy (non-hydrogen) atoms. The standard InChI is InChI=1S/C26H32BFN2O4.C25H30BFN2O4/c1-15-13-18(17(3)29-21-8-6-7-20(28)22(21)27(32)33)24-19(14-15)23(31)16(2)25(34-24)30-11-9-26(4,5)10-12-30;1-15-12-17(14-28-20-7-5-6-19(27)21(20)26(31)32)23-18(13-15)22(30)16(2)24(33-23)29-10-8-25(3,4)9-11-29/h6-8,13-14,17,29,32-33H,9-12H2,1-5H3;5-7,12-13,28,31-32H,8-11,14H2,1-4H3/t17-;/m1./s1. The number of fused-ring (bicyclic) bond motifs is 2. The minimum atomic E-state index is -1.96. The molecule has 2 fully saturated rings. The summed E-state index contributed by atoms with van der Waals surface area (Å²) in [4.78, 5) is 30.9. The number of nitrogens with one attached hydrogen (secondary N) is 2. The normalized spacial score (nSPS) is 16.1. The van der Waals surface area contributed by atoms with Gasteiger partial charge in [-0.2, -0.15) is 0 Å². The lowest BCUT2D eigenvalue weighted by Gasteiger charge is -2.37. The van der Waals surface area contributed by atoms with E-state index in [0.29, 0.717) is 44.8 Å². The zero-order valence-electron chi connectivity index (χ0n) is 39.9. The highest BCUT2D eigenvalue weighted by molar-refractivity contribution is 6.61. The Hall–Kier alpha value is -5.67. The summed E-state index contributed by atoms with van der Waals surface area (Å²) in [5.41, 5.74) is 5.98. The molecule has 2 aromatic heterocycles. The van der Waals surface area contributed by atoms with Crippen LogP contribution in [-0.4, -0.2) is 60.5 Å². The molecule has 12 nitrogen and oxygen atoms in total. The average Bonchev–Trinajstić information content (AvgIpc) is 3.25. The van der Waals surface area contributed by atoms with Gasteiger partial charge < -0.3 is 49.4 Å². The molecule has 0 saturated carbocycles. The van der Waals surface area contributed by atoms with Crippen LogP contribution in [0.3, 0.4) is 0 Å². The van der Waals surface area contributed by atoms with Gasteiger partial charge in [0, 0.05) is 66.2 Å². The number of hydrogen-bond acceptors (Lipinski definition) is 12. The second-order valence-corrected chi connectivity index (χ2v) is 19.9. The van der Waals surface area contributed by atoms with Crippen molar-refractivity contribution in [1.82, 2.24) is 0 Å². The van der Waals surface area contributed by atoms with Crippen LogP contribution in [0.2, 0.25) is 0 Å². The van der Waals surface area contributed by atoms with Crippen LogP contribution in [0.5, 0.6) is 0 Å². The summed E-state index contributed by atoms with van der Waals surface area (Å²) < 4.78 is 41.2. The lowest BCUT2D eigenvalue weighted by molar-refractivity contribution is 0.274. The number of benzene rings is 4. The summed E-state index contributed by atoms with van der Waals surface area (Å²) in [6.45, 7) is 21.8. The maximum Gasteiger partial charge on any atom is 0.493 e. The summed E-state index contributed by atoms with van der Waals surface area (Å²) in [5, 5.41) is 45.8. The largest absolute Gasteiger partial charge is 0.493 e. The molecule has 0 unspecified atom stereocenters. The molecule has 0 radical (unpaired) electrons. The number of rotatable bonds is 10. The number of anilines is 4. The van der Waals surface area contributed by atoms with E-state index < -0.39 is 31.9 Å². The van der Waals surface area contributed by atoms with Crippen molar-refractivity contribution in [2.45, 2.75) is 101 Å². The van der Waals surface area contributed by atoms with Gasteiger partial charge in [0.1, 0.15) is 22.8 Å². The SMILES string of the molecule is Cc1cc(CNc2cccc(F)c2B(O)O)c2oc(N3CCC(C)(C)CC3)c(C)c(=O)c2c1.Cc1cc([C@@H](C)Nc2cccc(F)c2B(O)O)c2oc(N3CCC(C)(C)CC3)c(C)c(=O)c2c1. The van der Waals surface area contributed by atoms with Gasteiger partial charge in [-0.25, -0.2) is 8.78 Å². The van der Waals surface area contributed by atoms with E-state index in [4.69, 9.17) is 8.83 Å². The van der Waals surface area contributed by atoms with Crippen LogP contribution in [0.1, 0.15) is 99.7 Å². The lowest BCUT2D eigenvalue weighted by Crippen LogP contribution is -2.38. The Morgan fingerprint density at radius 2 is 1.09 bits per heavy atom. The van der Waals surface area contributed by atoms with E-state index in [2.05, 4.69) is 48.1 Å². The van der Waals surface area contributed by atoms with Gasteiger partial charge in [0.05, 0.1) is 27.9 Å². The molecule has 0 amide bonds. The molecule has 4 aromatic carbocycles. The van der Waals surface area contributed by atoms with Gasteiger partial charge in [-0.1, -0.05) is 52.0 Å². The van der Waals surface area contributed by atoms with E-state index in [-0.39, 0.29) is 50.5 Å². The molecule has 1 atom stereocenters. The Bertz CT molecular complexity index is 2920. The molecular formula is C51H62B2F2N4O8. The molecule has 16 heteroatoms. The second-order valence-electron chi connectivity index (χ2n) is 19.9. The van der Waals surface area contributed by atoms with Crippen LogP contribution in [0, 0.1) is 50.2 Å². The van der Waals surface area contributed by atoms with E-state index in [1.165, 1.54) is 24.3 Å². The van der Waals surface area contributed by atoms with Crippen LogP contribution >= 0.6 is 0 Å². The average molecular weight is 919 g/mol. The van der Waals surface area contributed by atoms with E-state index in [1.54, 1.807) is 12.1 Å². The molecule has 6 aromatic rings. The third-order valence-electron chi connectivity index (χ3n) is 13.5. The summed E-state index contributed by atoms with van der Waals surface area (Å²) in [5.74, 6) is -0.215. The fourth-order valence-electron chi connectivity index (χ4n) is 9.23. The molecule has 354 valence electrons. The number of piperidine rings is 2. The van der Waals surface area contributed by atoms with Crippen LogP contribution < -0.4 is 42.2 Å². The summed E-state index contributed by atoms with van der Waals surface area (Å²) >= 11 is 0. The summed E-state index contributed by atoms with van der Waals surface area (Å²) in [6, 6.07) is 15.6. The Morgan fingerprint density at radius 1 is 0.657 bits per heavy atom. The van der Waals surface area contributed by atoms with Crippen molar-refractivity contribution in [2.75, 3.05) is 46.6 Å². The van der Waals surface area contributed by atoms with Crippen molar-refractivity contribution < 1.29 is 37.7 Å². The van der Waals surface area contributed by atoms with E-state index in [9.17, 15) is 38.5 Å². The number of nitrogens with zero attached hydrogens (tertiary/aromatic N) is 2. The van der Waals surface area contributed by atoms with Gasteiger partial charge in [-0.05, 0) is 119 Å². The first kappa shape index (κ1) is 49.2. The first-order valence-electron chi connectivity index (χ1n) is 23.0. The van der Waals surface area contributed by atoms with Gasteiger partial charge >= 0.3 is 14.2 Å². The quantitative estimate of drug-likeness (QED) is 0.0750. The lowest BCUT2D eigenvalue weighted by atomic mass is 9.78. The molecule has 0 aliphatic carbocycles. The number of halogens is 2. The Labute approximate surface area is 390 Å². The third kappa shape index (κ3) is 10.6. The topological polar surface area (TPSA) is 172 Å². The fourth-order valence-corrected chi connectivity index (χ4v) is 9.23. The number of aryl methyl sites for hydroxylation is 2. The van der Waals surface area contributed by atoms with Crippen molar-refractivity contribution in [3.63, 3.8) is 0 Å². The minimum Gasteiger partial charge on any atom is -0.440 e. The van der Waals surface area contributed by atoms with Crippen molar-refractivity contribution in [3.8, 4) is 0 Å². The van der Waals surface area contributed by atoms with Crippen molar-refractivity contribution in [2.24, 2.45) is 10.8 Å². The van der Waals surface area contributed by atoms with Crippen LogP contribution in [0.25, 0.3) is 21.9 Å².